The highest BCUT2D eigenvalue weighted by Crippen LogP contribution is 2.14. The fourth-order valence-electron chi connectivity index (χ4n) is 2.21. The molecule has 0 aliphatic carbocycles. The van der Waals surface area contributed by atoms with E-state index in [0.717, 1.165) is 4.90 Å². The van der Waals surface area contributed by atoms with Crippen LogP contribution in [0.4, 0.5) is 4.79 Å². The number of ether oxygens (including phenoxy) is 2. The number of carbonyl (C=O) groups excluding carboxylic acids is 3. The van der Waals surface area contributed by atoms with E-state index >= 15 is 0 Å². The third-order valence-electron chi connectivity index (χ3n) is 3.43. The Morgan fingerprint density at radius 1 is 1.29 bits per heavy atom. The molecule has 0 unspecified atom stereocenters. The van der Waals surface area contributed by atoms with Crippen molar-refractivity contribution in [1.82, 2.24) is 9.80 Å². The first kappa shape index (κ1) is 17.7. The zero-order chi connectivity index (χ0) is 17.7. The van der Waals surface area contributed by atoms with Crippen molar-refractivity contribution < 1.29 is 29.0 Å². The van der Waals surface area contributed by atoms with Crippen LogP contribution in [0.15, 0.2) is 24.3 Å². The molecule has 0 saturated carbocycles. The second-order valence-corrected chi connectivity index (χ2v) is 5.35. The molecule has 1 aliphatic heterocycles. The van der Waals surface area contributed by atoms with Crippen LogP contribution in [0, 0.1) is 0 Å². The lowest BCUT2D eigenvalue weighted by Crippen LogP contribution is -2.40. The van der Waals surface area contributed by atoms with E-state index in [9.17, 15) is 19.5 Å². The average molecular weight is 336 g/mol. The smallest absolute Gasteiger partial charge is 0.338 e. The van der Waals surface area contributed by atoms with Crippen LogP contribution >= 0.6 is 0 Å². The highest BCUT2D eigenvalue weighted by atomic mass is 16.5. The van der Waals surface area contributed by atoms with Crippen LogP contribution in [0.1, 0.15) is 17.3 Å². The van der Waals surface area contributed by atoms with Crippen LogP contribution in [0.3, 0.4) is 0 Å². The van der Waals surface area contributed by atoms with E-state index in [1.165, 1.54) is 11.9 Å². The molecular formula is C16H20N2O6. The summed E-state index contributed by atoms with van der Waals surface area (Å²) in [5.41, 5.74) is 0.404. The van der Waals surface area contributed by atoms with Gasteiger partial charge in [-0.25, -0.2) is 9.59 Å². The molecule has 2 rings (SSSR count). The summed E-state index contributed by atoms with van der Waals surface area (Å²) in [6, 6.07) is 5.85. The van der Waals surface area contributed by atoms with E-state index < -0.39 is 18.1 Å². The first-order chi connectivity index (χ1) is 11.4. The minimum absolute atomic E-state index is 0.0156. The molecule has 0 radical (unpaired) electrons. The number of carbonyl (C=O) groups is 3. The van der Waals surface area contributed by atoms with Gasteiger partial charge in [0.05, 0.1) is 18.7 Å². The summed E-state index contributed by atoms with van der Waals surface area (Å²) in [7, 11) is 1.52. The minimum atomic E-state index is -1.01. The van der Waals surface area contributed by atoms with Gasteiger partial charge >= 0.3 is 12.0 Å². The molecule has 8 nitrogen and oxygen atoms in total. The van der Waals surface area contributed by atoms with Crippen LogP contribution < -0.4 is 4.74 Å². The summed E-state index contributed by atoms with van der Waals surface area (Å²) < 4.78 is 10.3. The molecular weight excluding hydrogens is 316 g/mol. The fraction of sp³-hybridized carbons (Fsp3) is 0.438. The first-order valence-electron chi connectivity index (χ1n) is 7.56. The van der Waals surface area contributed by atoms with E-state index in [1.54, 1.807) is 31.2 Å². The monoisotopic (exact) mass is 336 g/mol. The lowest BCUT2D eigenvalue weighted by Gasteiger charge is -2.18. The van der Waals surface area contributed by atoms with Gasteiger partial charge < -0.3 is 19.5 Å². The predicted octanol–water partition coefficient (Wildman–Crippen LogP) is 0.497. The highest BCUT2D eigenvalue weighted by Gasteiger charge is 2.34. The van der Waals surface area contributed by atoms with E-state index in [2.05, 4.69) is 0 Å². The largest absolute Gasteiger partial charge is 0.491 e. The number of nitrogens with zero attached hydrogens (tertiary/aromatic N) is 2. The number of rotatable bonds is 7. The van der Waals surface area contributed by atoms with Gasteiger partial charge in [-0.1, -0.05) is 0 Å². The van der Waals surface area contributed by atoms with Crippen LogP contribution in [0.2, 0.25) is 0 Å². The third kappa shape index (κ3) is 4.23. The number of benzene rings is 1. The maximum atomic E-state index is 11.7. The van der Waals surface area contributed by atoms with Crippen LogP contribution in [-0.4, -0.2) is 72.3 Å². The topological polar surface area (TPSA) is 96.4 Å². The van der Waals surface area contributed by atoms with Gasteiger partial charge in [0.2, 0.25) is 5.91 Å². The van der Waals surface area contributed by atoms with Crippen molar-refractivity contribution in [2.75, 3.05) is 33.4 Å². The second kappa shape index (κ2) is 7.78. The zero-order valence-electron chi connectivity index (χ0n) is 13.6. The third-order valence-corrected chi connectivity index (χ3v) is 3.43. The average Bonchev–Trinajstić information content (AvgIpc) is 2.80. The lowest BCUT2D eigenvalue weighted by atomic mass is 10.2. The van der Waals surface area contributed by atoms with Gasteiger partial charge in [0, 0.05) is 7.05 Å². The van der Waals surface area contributed by atoms with Crippen LogP contribution in [0.5, 0.6) is 5.75 Å². The molecule has 1 aliphatic rings. The van der Waals surface area contributed by atoms with Gasteiger partial charge in [-0.3, -0.25) is 9.69 Å². The molecule has 0 aromatic heterocycles. The zero-order valence-corrected chi connectivity index (χ0v) is 13.6. The number of aliphatic hydroxyl groups is 1. The maximum absolute atomic E-state index is 11.7. The Bertz CT molecular complexity index is 615. The second-order valence-electron chi connectivity index (χ2n) is 5.35. The van der Waals surface area contributed by atoms with Crippen molar-refractivity contribution in [2.45, 2.75) is 13.0 Å². The Morgan fingerprint density at radius 3 is 2.50 bits per heavy atom. The number of urea groups is 1. The van der Waals surface area contributed by atoms with Crippen LogP contribution in [-0.2, 0) is 9.53 Å². The molecule has 130 valence electrons. The SMILES string of the molecule is CCOC(=O)c1ccc(OC[C@H](O)CN2C(=O)CN(C)C2=O)cc1. The number of amides is 3. The molecule has 1 fully saturated rings. The number of likely N-dealkylation sites (N-methyl/N-ethyl adjacent to an activating group) is 1. The lowest BCUT2D eigenvalue weighted by molar-refractivity contribution is -0.126. The molecule has 8 heteroatoms. The predicted molar refractivity (Wildman–Crippen MR) is 83.6 cm³/mol. The Kier molecular flexibility index (Phi) is 5.75. The Labute approximate surface area is 139 Å². The summed E-state index contributed by atoms with van der Waals surface area (Å²) in [6.07, 6.45) is -1.01. The Morgan fingerprint density at radius 2 is 1.96 bits per heavy atom. The van der Waals surface area contributed by atoms with E-state index in [4.69, 9.17) is 9.47 Å². The summed E-state index contributed by atoms with van der Waals surface area (Å²) in [5.74, 6) is -0.308. The highest BCUT2D eigenvalue weighted by molar-refractivity contribution is 6.01. The summed E-state index contributed by atoms with van der Waals surface area (Å²) in [4.78, 5) is 37.1. The van der Waals surface area contributed by atoms with E-state index in [-0.39, 0.29) is 25.6 Å². The number of hydrogen-bond acceptors (Lipinski definition) is 6. The molecule has 1 N–H and O–H groups in total. The molecule has 1 aromatic carbocycles. The van der Waals surface area contributed by atoms with Gasteiger partial charge in [0.15, 0.2) is 0 Å². The quantitative estimate of drug-likeness (QED) is 0.575. The van der Waals surface area contributed by atoms with Crippen molar-refractivity contribution in [1.29, 1.82) is 0 Å². The van der Waals surface area contributed by atoms with Crippen molar-refractivity contribution in [3.05, 3.63) is 29.8 Å². The molecule has 0 spiro atoms. The normalized spacial score (nSPS) is 15.6. The molecule has 24 heavy (non-hydrogen) atoms. The van der Waals surface area contributed by atoms with Gasteiger partial charge in [-0.05, 0) is 31.2 Å². The van der Waals surface area contributed by atoms with E-state index in [1.807, 2.05) is 0 Å². The van der Waals surface area contributed by atoms with Gasteiger partial charge in [-0.15, -0.1) is 0 Å². The Balaban J connectivity index is 1.83. The molecule has 3 amide bonds. The Hall–Kier alpha value is -2.61. The van der Waals surface area contributed by atoms with Crippen molar-refractivity contribution in [3.63, 3.8) is 0 Å². The van der Waals surface area contributed by atoms with Gasteiger partial charge in [0.1, 0.15) is 25.0 Å². The number of aliphatic hydroxyl groups excluding tert-OH is 1. The number of esters is 1. The molecule has 1 heterocycles. The maximum Gasteiger partial charge on any atom is 0.338 e. The molecule has 0 bridgehead atoms. The van der Waals surface area contributed by atoms with Crippen LogP contribution in [0.25, 0.3) is 0 Å². The van der Waals surface area contributed by atoms with Gasteiger partial charge in [0.25, 0.3) is 0 Å². The van der Waals surface area contributed by atoms with Gasteiger partial charge in [-0.2, -0.15) is 0 Å². The molecule has 1 aromatic rings. The minimum Gasteiger partial charge on any atom is -0.491 e. The number of hydrogen-bond donors (Lipinski definition) is 1. The number of β-amino-alcohol motifs (C(OH)–C–C–N with tert-alkyl or cyclic N) is 1. The summed E-state index contributed by atoms with van der Waals surface area (Å²) >= 11 is 0. The molecule has 1 saturated heterocycles. The summed E-state index contributed by atoms with van der Waals surface area (Å²) in [6.45, 7) is 1.83. The van der Waals surface area contributed by atoms with Crippen molar-refractivity contribution in [2.24, 2.45) is 0 Å². The fourth-order valence-corrected chi connectivity index (χ4v) is 2.21. The molecule has 1 atom stereocenters. The first-order valence-corrected chi connectivity index (χ1v) is 7.56. The van der Waals surface area contributed by atoms with Crippen molar-refractivity contribution in [3.8, 4) is 5.75 Å². The number of imide groups is 1. The summed E-state index contributed by atoms with van der Waals surface area (Å²) in [5, 5.41) is 9.94. The standard InChI is InChI=1S/C16H20N2O6/c1-3-23-15(21)11-4-6-13(7-5-11)24-10-12(19)8-18-14(20)9-17(2)16(18)22/h4-7,12,19H,3,8-10H2,1-2H3/t12-/m1/s1. The van der Waals surface area contributed by atoms with Crippen molar-refractivity contribution >= 4 is 17.9 Å². The van der Waals surface area contributed by atoms with E-state index in [0.29, 0.717) is 17.9 Å².